The highest BCUT2D eigenvalue weighted by atomic mass is 16.6. The third-order valence-electron chi connectivity index (χ3n) is 10.1. The van der Waals surface area contributed by atoms with E-state index < -0.39 is 6.10 Å². The summed E-state index contributed by atoms with van der Waals surface area (Å²) in [6.07, 6.45) is 61.5. The van der Waals surface area contributed by atoms with Crippen molar-refractivity contribution in [2.45, 2.75) is 226 Å². The SMILES string of the molecule is CC/C=C\C/C=C\C/C=C\CCCCC(=O)OC(COC(=O)CCCCCCC/C=C\C=C/CCCCCCCCC)COC(=O)CCCCCCC/C=C\C/C=C\CC. The Morgan fingerprint density at radius 3 is 1.15 bits per heavy atom. The predicted molar refractivity (Wildman–Crippen MR) is 256 cm³/mol. The van der Waals surface area contributed by atoms with Gasteiger partial charge in [0.2, 0.25) is 0 Å². The molecule has 342 valence electrons. The Balaban J connectivity index is 4.44. The number of allylic oxidation sites excluding steroid dienone is 14. The van der Waals surface area contributed by atoms with Crippen LogP contribution in [0.15, 0.2) is 85.1 Å². The summed E-state index contributed by atoms with van der Waals surface area (Å²) in [5.74, 6) is -0.979. The minimum atomic E-state index is -0.807. The van der Waals surface area contributed by atoms with Gasteiger partial charge >= 0.3 is 17.9 Å². The highest BCUT2D eigenvalue weighted by molar-refractivity contribution is 5.71. The fraction of sp³-hybridized carbons (Fsp3) is 0.685. The van der Waals surface area contributed by atoms with E-state index in [1.54, 1.807) is 0 Å². The van der Waals surface area contributed by atoms with Crippen molar-refractivity contribution in [3.05, 3.63) is 85.1 Å². The molecule has 0 bridgehead atoms. The van der Waals surface area contributed by atoms with Crippen LogP contribution in [-0.4, -0.2) is 37.2 Å². The van der Waals surface area contributed by atoms with Crippen LogP contribution in [0.25, 0.3) is 0 Å². The second-order valence-electron chi connectivity index (χ2n) is 16.0. The van der Waals surface area contributed by atoms with Crippen LogP contribution in [-0.2, 0) is 28.6 Å². The number of hydrogen-bond acceptors (Lipinski definition) is 6. The zero-order valence-electron chi connectivity index (χ0n) is 38.9. The van der Waals surface area contributed by atoms with E-state index in [9.17, 15) is 14.4 Å². The Morgan fingerprint density at radius 2 is 0.700 bits per heavy atom. The maximum atomic E-state index is 12.7. The second-order valence-corrected chi connectivity index (χ2v) is 16.0. The fourth-order valence-corrected chi connectivity index (χ4v) is 6.48. The lowest BCUT2D eigenvalue weighted by Crippen LogP contribution is -2.30. The van der Waals surface area contributed by atoms with Crippen LogP contribution in [0.4, 0.5) is 0 Å². The van der Waals surface area contributed by atoms with Crippen molar-refractivity contribution in [3.8, 4) is 0 Å². The molecule has 0 heterocycles. The average molecular weight is 835 g/mol. The molecule has 0 saturated carbocycles. The summed E-state index contributed by atoms with van der Waals surface area (Å²) in [7, 11) is 0. The number of hydrogen-bond donors (Lipinski definition) is 0. The summed E-state index contributed by atoms with van der Waals surface area (Å²) in [5.41, 5.74) is 0. The monoisotopic (exact) mass is 835 g/mol. The first-order chi connectivity index (χ1) is 29.5. The Morgan fingerprint density at radius 1 is 0.367 bits per heavy atom. The number of carbonyl (C=O) groups is 3. The number of ether oxygens (including phenoxy) is 3. The molecule has 0 rings (SSSR count). The first kappa shape index (κ1) is 56.6. The van der Waals surface area contributed by atoms with Gasteiger partial charge in [-0.2, -0.15) is 0 Å². The van der Waals surface area contributed by atoms with E-state index in [4.69, 9.17) is 14.2 Å². The number of carbonyl (C=O) groups excluding carboxylic acids is 3. The van der Waals surface area contributed by atoms with Crippen molar-refractivity contribution in [2.75, 3.05) is 13.2 Å². The number of unbranched alkanes of at least 4 members (excludes halogenated alkanes) is 19. The second kappa shape index (κ2) is 48.3. The van der Waals surface area contributed by atoms with Gasteiger partial charge in [0.25, 0.3) is 0 Å². The van der Waals surface area contributed by atoms with Gasteiger partial charge in [0.15, 0.2) is 6.10 Å². The van der Waals surface area contributed by atoms with E-state index in [-0.39, 0.29) is 37.5 Å². The summed E-state index contributed by atoms with van der Waals surface area (Å²) in [6, 6.07) is 0. The van der Waals surface area contributed by atoms with Crippen molar-refractivity contribution < 1.29 is 28.6 Å². The topological polar surface area (TPSA) is 78.9 Å². The molecule has 0 aromatic heterocycles. The van der Waals surface area contributed by atoms with E-state index in [1.165, 1.54) is 51.4 Å². The Kier molecular flexibility index (Phi) is 45.5. The van der Waals surface area contributed by atoms with Gasteiger partial charge in [-0.3, -0.25) is 14.4 Å². The lowest BCUT2D eigenvalue weighted by Gasteiger charge is -2.18. The van der Waals surface area contributed by atoms with Gasteiger partial charge in [-0.05, 0) is 103 Å². The minimum absolute atomic E-state index is 0.106. The van der Waals surface area contributed by atoms with E-state index in [0.29, 0.717) is 19.3 Å². The maximum absolute atomic E-state index is 12.7. The summed E-state index contributed by atoms with van der Waals surface area (Å²) in [6.45, 7) is 6.33. The molecule has 6 nitrogen and oxygen atoms in total. The molecule has 0 N–H and O–H groups in total. The molecule has 0 aliphatic rings. The van der Waals surface area contributed by atoms with Crippen LogP contribution in [0, 0.1) is 0 Å². The Hall–Kier alpha value is -3.41. The van der Waals surface area contributed by atoms with Gasteiger partial charge in [0.05, 0.1) is 0 Å². The summed E-state index contributed by atoms with van der Waals surface area (Å²) in [5, 5.41) is 0. The van der Waals surface area contributed by atoms with Crippen LogP contribution in [0.2, 0.25) is 0 Å². The molecule has 0 aliphatic carbocycles. The van der Waals surface area contributed by atoms with Gasteiger partial charge < -0.3 is 14.2 Å². The van der Waals surface area contributed by atoms with E-state index >= 15 is 0 Å². The molecule has 0 radical (unpaired) electrons. The third-order valence-corrected chi connectivity index (χ3v) is 10.1. The smallest absolute Gasteiger partial charge is 0.306 e. The van der Waals surface area contributed by atoms with Crippen molar-refractivity contribution in [3.63, 3.8) is 0 Å². The molecule has 0 amide bonds. The molecule has 0 saturated heterocycles. The van der Waals surface area contributed by atoms with Gasteiger partial charge in [0, 0.05) is 19.3 Å². The first-order valence-corrected chi connectivity index (χ1v) is 24.6. The number of rotatable bonds is 43. The Labute approximate surface area is 369 Å². The van der Waals surface area contributed by atoms with Crippen LogP contribution in [0.5, 0.6) is 0 Å². The Bertz CT molecular complexity index is 1190. The normalized spacial score (nSPS) is 12.8. The van der Waals surface area contributed by atoms with Crippen molar-refractivity contribution in [1.82, 2.24) is 0 Å². The molecule has 0 aromatic carbocycles. The van der Waals surface area contributed by atoms with E-state index in [1.807, 2.05) is 0 Å². The molecule has 6 heteroatoms. The zero-order valence-corrected chi connectivity index (χ0v) is 38.9. The molecule has 0 aliphatic heterocycles. The fourth-order valence-electron chi connectivity index (χ4n) is 6.48. The average Bonchev–Trinajstić information content (AvgIpc) is 3.24. The van der Waals surface area contributed by atoms with Crippen molar-refractivity contribution in [1.29, 1.82) is 0 Å². The summed E-state index contributed by atoms with van der Waals surface area (Å²) >= 11 is 0. The highest BCUT2D eigenvalue weighted by Gasteiger charge is 2.19. The van der Waals surface area contributed by atoms with Crippen LogP contribution in [0.1, 0.15) is 220 Å². The molecule has 1 unspecified atom stereocenters. The molecule has 1 atom stereocenters. The largest absolute Gasteiger partial charge is 0.462 e. The number of esters is 3. The quantitative estimate of drug-likeness (QED) is 0.0200. The highest BCUT2D eigenvalue weighted by Crippen LogP contribution is 2.13. The minimum Gasteiger partial charge on any atom is -0.462 e. The third kappa shape index (κ3) is 45.7. The molecule has 0 aromatic rings. The van der Waals surface area contributed by atoms with Crippen molar-refractivity contribution in [2.24, 2.45) is 0 Å². The maximum Gasteiger partial charge on any atom is 0.306 e. The molecular weight excluding hydrogens is 745 g/mol. The van der Waals surface area contributed by atoms with Gasteiger partial charge in [0.1, 0.15) is 13.2 Å². The van der Waals surface area contributed by atoms with E-state index in [2.05, 4.69) is 106 Å². The lowest BCUT2D eigenvalue weighted by atomic mass is 10.1. The predicted octanol–water partition coefficient (Wildman–Crippen LogP) is 16.0. The lowest BCUT2D eigenvalue weighted by molar-refractivity contribution is -0.167. The van der Waals surface area contributed by atoms with Crippen LogP contribution < -0.4 is 0 Å². The summed E-state index contributed by atoms with van der Waals surface area (Å²) < 4.78 is 16.7. The van der Waals surface area contributed by atoms with Gasteiger partial charge in [-0.1, -0.05) is 183 Å². The molecular formula is C54H90O6. The molecule has 60 heavy (non-hydrogen) atoms. The first-order valence-electron chi connectivity index (χ1n) is 24.6. The van der Waals surface area contributed by atoms with Crippen molar-refractivity contribution >= 4 is 17.9 Å². The van der Waals surface area contributed by atoms with Gasteiger partial charge in [-0.25, -0.2) is 0 Å². The van der Waals surface area contributed by atoms with Crippen LogP contribution in [0.3, 0.4) is 0 Å². The van der Waals surface area contributed by atoms with Crippen LogP contribution >= 0.6 is 0 Å². The van der Waals surface area contributed by atoms with E-state index in [0.717, 1.165) is 122 Å². The summed E-state index contributed by atoms with van der Waals surface area (Å²) in [4.78, 5) is 37.8. The molecule has 0 spiro atoms. The molecule has 0 fully saturated rings. The zero-order chi connectivity index (χ0) is 43.7. The van der Waals surface area contributed by atoms with Gasteiger partial charge in [-0.15, -0.1) is 0 Å². The standard InChI is InChI=1S/C54H90O6/c1-4-7-10-13-16-19-22-25-26-27-28-29-30-33-35-38-41-44-47-53(56)59-50-51(60-54(57)48-45-42-39-36-32-24-21-18-15-12-9-6-3)49-58-52(55)46-43-40-37-34-31-23-20-17-14-11-8-5-2/h8-9,11-12,17-18,20-21,26-29,32,36,51H,4-7,10,13-16,19,22-25,30-31,33-35,37-50H2,1-3H3/b11-8-,12-9-,20-17-,21-18-,27-26-,29-28-,36-32-.